The van der Waals surface area contributed by atoms with Gasteiger partial charge in [-0.2, -0.15) is 0 Å². The fraction of sp³-hybridized carbons (Fsp3) is 1.00. The lowest BCUT2D eigenvalue weighted by molar-refractivity contribution is 0.00154. The van der Waals surface area contributed by atoms with Crippen molar-refractivity contribution < 1.29 is 29.2 Å². The van der Waals surface area contributed by atoms with E-state index in [4.69, 9.17) is 18.9 Å². The number of hydrogen-bond acceptors (Lipinski definition) is 6. The third-order valence-electron chi connectivity index (χ3n) is 3.60. The smallest absolute Gasteiger partial charge is 0.0773 e. The molecular weight excluding hydrogens is 312 g/mol. The second-order valence-electron chi connectivity index (χ2n) is 5.84. The van der Waals surface area contributed by atoms with Gasteiger partial charge in [-0.05, 0) is 26.7 Å². The van der Waals surface area contributed by atoms with Crippen LogP contribution < -0.4 is 0 Å². The summed E-state index contributed by atoms with van der Waals surface area (Å²) in [5.41, 5.74) is 0. The van der Waals surface area contributed by atoms with Gasteiger partial charge >= 0.3 is 0 Å². The fourth-order valence-electron chi connectivity index (χ4n) is 2.24. The van der Waals surface area contributed by atoms with Crippen molar-refractivity contribution >= 4 is 0 Å². The fourth-order valence-corrected chi connectivity index (χ4v) is 2.24. The molecule has 0 aliphatic rings. The minimum atomic E-state index is -0.393. The third-order valence-corrected chi connectivity index (χ3v) is 3.60. The van der Waals surface area contributed by atoms with E-state index in [2.05, 4.69) is 0 Å². The summed E-state index contributed by atoms with van der Waals surface area (Å²) in [6.07, 6.45) is 4.83. The van der Waals surface area contributed by atoms with Crippen LogP contribution in [0.5, 0.6) is 0 Å². The third kappa shape index (κ3) is 18.1. The molecule has 0 aliphatic carbocycles. The van der Waals surface area contributed by atoms with E-state index >= 15 is 0 Å². The van der Waals surface area contributed by atoms with Crippen LogP contribution in [0.1, 0.15) is 52.4 Å². The van der Waals surface area contributed by atoms with Gasteiger partial charge in [0.25, 0.3) is 0 Å². The lowest BCUT2D eigenvalue weighted by atomic mass is 10.1. The van der Waals surface area contributed by atoms with E-state index in [9.17, 15) is 10.2 Å². The molecule has 0 aromatic rings. The van der Waals surface area contributed by atoms with Crippen LogP contribution in [0.4, 0.5) is 0 Å². The number of rotatable bonds is 19. The summed E-state index contributed by atoms with van der Waals surface area (Å²) in [6.45, 7) is 8.29. The Morgan fingerprint density at radius 3 is 1.33 bits per heavy atom. The van der Waals surface area contributed by atoms with Gasteiger partial charge in [0.15, 0.2) is 0 Å². The highest BCUT2D eigenvalue weighted by molar-refractivity contribution is 4.57. The molecule has 0 fully saturated rings. The average Bonchev–Trinajstić information content (AvgIpc) is 2.57. The molecule has 0 radical (unpaired) electrons. The van der Waals surface area contributed by atoms with Crippen molar-refractivity contribution in [2.24, 2.45) is 0 Å². The van der Waals surface area contributed by atoms with E-state index in [1.807, 2.05) is 13.8 Å². The molecule has 0 spiro atoms. The minimum absolute atomic E-state index is 0.380. The molecule has 2 atom stereocenters. The molecule has 0 bridgehead atoms. The Morgan fingerprint density at radius 1 is 0.583 bits per heavy atom. The first-order valence-corrected chi connectivity index (χ1v) is 9.37. The zero-order valence-electron chi connectivity index (χ0n) is 15.6. The molecule has 24 heavy (non-hydrogen) atoms. The topological polar surface area (TPSA) is 77.4 Å². The summed E-state index contributed by atoms with van der Waals surface area (Å²) in [5, 5.41) is 19.6. The first-order chi connectivity index (χ1) is 11.7. The molecule has 2 N–H and O–H groups in total. The van der Waals surface area contributed by atoms with E-state index in [1.165, 1.54) is 0 Å². The Hall–Kier alpha value is -0.240. The van der Waals surface area contributed by atoms with E-state index in [0.29, 0.717) is 52.9 Å². The van der Waals surface area contributed by atoms with Crippen LogP contribution in [0.2, 0.25) is 0 Å². The van der Waals surface area contributed by atoms with Crippen molar-refractivity contribution in [1.82, 2.24) is 0 Å². The van der Waals surface area contributed by atoms with E-state index in [0.717, 1.165) is 38.5 Å². The van der Waals surface area contributed by atoms with Crippen LogP contribution in [0, 0.1) is 0 Å². The van der Waals surface area contributed by atoms with Crippen LogP contribution in [-0.2, 0) is 18.9 Å². The molecule has 6 nitrogen and oxygen atoms in total. The largest absolute Gasteiger partial charge is 0.391 e. The van der Waals surface area contributed by atoms with Gasteiger partial charge in [-0.25, -0.2) is 0 Å². The Labute approximate surface area is 147 Å². The number of aliphatic hydroxyl groups is 2. The quantitative estimate of drug-likeness (QED) is 0.348. The van der Waals surface area contributed by atoms with Crippen molar-refractivity contribution in [3.05, 3.63) is 0 Å². The standard InChI is InChI=1S/C18H38O6/c1-3-21-11-13-23-15-17(19)9-7-5-6-8-10-18(20)16-24-14-12-22-4-2/h17-20H,3-16H2,1-2H3. The lowest BCUT2D eigenvalue weighted by Crippen LogP contribution is -2.17. The summed E-state index contributed by atoms with van der Waals surface area (Å²) in [5.74, 6) is 0. The molecule has 0 saturated carbocycles. The highest BCUT2D eigenvalue weighted by Gasteiger charge is 2.06. The van der Waals surface area contributed by atoms with Crippen LogP contribution in [-0.4, -0.2) is 75.3 Å². The molecule has 146 valence electrons. The molecular formula is C18H38O6. The van der Waals surface area contributed by atoms with Gasteiger partial charge in [0.05, 0.1) is 51.8 Å². The van der Waals surface area contributed by atoms with Crippen molar-refractivity contribution in [3.63, 3.8) is 0 Å². The summed E-state index contributed by atoms with van der Waals surface area (Å²) in [6, 6.07) is 0. The van der Waals surface area contributed by atoms with Gasteiger partial charge in [-0.15, -0.1) is 0 Å². The normalized spacial score (nSPS) is 14.0. The summed E-state index contributed by atoms with van der Waals surface area (Å²) < 4.78 is 21.0. The van der Waals surface area contributed by atoms with Crippen LogP contribution in [0.3, 0.4) is 0 Å². The summed E-state index contributed by atoms with van der Waals surface area (Å²) >= 11 is 0. The number of aliphatic hydroxyl groups excluding tert-OH is 2. The maximum Gasteiger partial charge on any atom is 0.0773 e. The highest BCUT2D eigenvalue weighted by atomic mass is 16.5. The van der Waals surface area contributed by atoms with Crippen molar-refractivity contribution in [1.29, 1.82) is 0 Å². The van der Waals surface area contributed by atoms with E-state index in [1.54, 1.807) is 0 Å². The molecule has 0 saturated heterocycles. The van der Waals surface area contributed by atoms with Crippen molar-refractivity contribution in [3.8, 4) is 0 Å². The van der Waals surface area contributed by atoms with Gasteiger partial charge in [-0.1, -0.05) is 25.7 Å². The zero-order valence-corrected chi connectivity index (χ0v) is 15.6. The molecule has 0 heterocycles. The minimum Gasteiger partial charge on any atom is -0.391 e. The molecule has 0 rings (SSSR count). The maximum absolute atomic E-state index is 9.78. The lowest BCUT2D eigenvalue weighted by Gasteiger charge is -2.12. The number of ether oxygens (including phenoxy) is 4. The van der Waals surface area contributed by atoms with Crippen LogP contribution in [0.25, 0.3) is 0 Å². The van der Waals surface area contributed by atoms with Crippen molar-refractivity contribution in [2.45, 2.75) is 64.6 Å². The van der Waals surface area contributed by atoms with E-state index < -0.39 is 12.2 Å². The van der Waals surface area contributed by atoms with Gasteiger partial charge in [-0.3, -0.25) is 0 Å². The predicted molar refractivity (Wildman–Crippen MR) is 94.3 cm³/mol. The van der Waals surface area contributed by atoms with Crippen LogP contribution >= 0.6 is 0 Å². The van der Waals surface area contributed by atoms with E-state index in [-0.39, 0.29) is 0 Å². The predicted octanol–water partition coefficient (Wildman–Crippen LogP) is 2.16. The van der Waals surface area contributed by atoms with Gasteiger partial charge in [0.1, 0.15) is 0 Å². The Morgan fingerprint density at radius 2 is 0.958 bits per heavy atom. The second-order valence-corrected chi connectivity index (χ2v) is 5.84. The Bertz CT molecular complexity index is 216. The maximum atomic E-state index is 9.78. The zero-order chi connectivity index (χ0) is 17.9. The van der Waals surface area contributed by atoms with Gasteiger partial charge < -0.3 is 29.2 Å². The second kappa shape index (κ2) is 19.1. The van der Waals surface area contributed by atoms with Crippen molar-refractivity contribution in [2.75, 3.05) is 52.9 Å². The van der Waals surface area contributed by atoms with Crippen LogP contribution in [0.15, 0.2) is 0 Å². The molecule has 0 aromatic heterocycles. The molecule has 0 aromatic carbocycles. The summed E-state index contributed by atoms with van der Waals surface area (Å²) in [4.78, 5) is 0. The molecule has 0 amide bonds. The summed E-state index contributed by atoms with van der Waals surface area (Å²) in [7, 11) is 0. The SMILES string of the molecule is CCOCCOCC(O)CCCCCCC(O)COCCOCC. The average molecular weight is 350 g/mol. The highest BCUT2D eigenvalue weighted by Crippen LogP contribution is 2.09. The molecule has 6 heteroatoms. The first-order valence-electron chi connectivity index (χ1n) is 9.37. The first kappa shape index (κ1) is 23.8. The molecule has 0 aliphatic heterocycles. The molecule has 2 unspecified atom stereocenters. The monoisotopic (exact) mass is 350 g/mol. The Balaban J connectivity index is 3.25. The van der Waals surface area contributed by atoms with Gasteiger partial charge in [0, 0.05) is 13.2 Å². The van der Waals surface area contributed by atoms with Gasteiger partial charge in [0.2, 0.25) is 0 Å². The Kier molecular flexibility index (Phi) is 18.9. The number of unbranched alkanes of at least 4 members (excludes halogenated alkanes) is 3. The number of hydrogen-bond donors (Lipinski definition) is 2.